The van der Waals surface area contributed by atoms with Crippen LogP contribution in [0.4, 0.5) is 4.39 Å². The van der Waals surface area contributed by atoms with Crippen molar-refractivity contribution in [2.75, 3.05) is 0 Å². The second-order valence-electron chi connectivity index (χ2n) is 2.97. The molecule has 0 bridgehead atoms. The van der Waals surface area contributed by atoms with Gasteiger partial charge in [-0.3, -0.25) is 0 Å². The SMILES string of the molecule is Cc1ccc(F)cc1-c1ccsc1. The van der Waals surface area contributed by atoms with Gasteiger partial charge in [-0.1, -0.05) is 6.07 Å². The van der Waals surface area contributed by atoms with Crippen LogP contribution in [0.5, 0.6) is 0 Å². The van der Waals surface area contributed by atoms with Gasteiger partial charge in [-0.05, 0) is 52.6 Å². The van der Waals surface area contributed by atoms with Gasteiger partial charge in [0.1, 0.15) is 5.82 Å². The molecule has 0 atom stereocenters. The van der Waals surface area contributed by atoms with E-state index in [1.54, 1.807) is 17.4 Å². The summed E-state index contributed by atoms with van der Waals surface area (Å²) in [4.78, 5) is 0. The van der Waals surface area contributed by atoms with Crippen LogP contribution in [0.25, 0.3) is 11.1 Å². The van der Waals surface area contributed by atoms with E-state index in [0.717, 1.165) is 16.7 Å². The van der Waals surface area contributed by atoms with Crippen LogP contribution in [0.1, 0.15) is 5.56 Å². The first-order valence-corrected chi connectivity index (χ1v) is 5.00. The van der Waals surface area contributed by atoms with Crippen LogP contribution in [-0.2, 0) is 0 Å². The van der Waals surface area contributed by atoms with E-state index in [9.17, 15) is 4.39 Å². The predicted octanol–water partition coefficient (Wildman–Crippen LogP) is 3.86. The maximum atomic E-state index is 12.9. The van der Waals surface area contributed by atoms with E-state index in [2.05, 4.69) is 0 Å². The van der Waals surface area contributed by atoms with Crippen molar-refractivity contribution in [1.29, 1.82) is 0 Å². The number of hydrogen-bond donors (Lipinski definition) is 0. The van der Waals surface area contributed by atoms with Gasteiger partial charge in [0.25, 0.3) is 0 Å². The Labute approximate surface area is 80.7 Å². The van der Waals surface area contributed by atoms with Gasteiger partial charge >= 0.3 is 0 Å². The van der Waals surface area contributed by atoms with Crippen LogP contribution >= 0.6 is 11.3 Å². The van der Waals surface area contributed by atoms with Crippen LogP contribution in [0.2, 0.25) is 0 Å². The van der Waals surface area contributed by atoms with Crippen molar-refractivity contribution in [2.45, 2.75) is 6.92 Å². The Morgan fingerprint density at radius 3 is 2.77 bits per heavy atom. The summed E-state index contributed by atoms with van der Waals surface area (Å²) in [5, 5.41) is 4.03. The lowest BCUT2D eigenvalue weighted by Gasteiger charge is -2.02. The van der Waals surface area contributed by atoms with Crippen LogP contribution < -0.4 is 0 Å². The highest BCUT2D eigenvalue weighted by Gasteiger charge is 2.02. The zero-order chi connectivity index (χ0) is 9.26. The van der Waals surface area contributed by atoms with Crippen LogP contribution in [0.15, 0.2) is 35.0 Å². The van der Waals surface area contributed by atoms with Crippen molar-refractivity contribution in [3.05, 3.63) is 46.4 Å². The van der Waals surface area contributed by atoms with Crippen molar-refractivity contribution in [3.8, 4) is 11.1 Å². The topological polar surface area (TPSA) is 0 Å². The summed E-state index contributed by atoms with van der Waals surface area (Å²) in [5.74, 6) is -0.174. The highest BCUT2D eigenvalue weighted by atomic mass is 32.1. The fourth-order valence-electron chi connectivity index (χ4n) is 1.32. The Bertz CT molecular complexity index is 404. The Kier molecular flexibility index (Phi) is 2.15. The van der Waals surface area contributed by atoms with Crippen molar-refractivity contribution in [2.24, 2.45) is 0 Å². The maximum Gasteiger partial charge on any atom is 0.123 e. The first kappa shape index (κ1) is 8.45. The smallest absolute Gasteiger partial charge is 0.123 e. The molecule has 1 aromatic heterocycles. The minimum absolute atomic E-state index is 0.174. The van der Waals surface area contributed by atoms with E-state index in [1.807, 2.05) is 29.8 Å². The highest BCUT2D eigenvalue weighted by Crippen LogP contribution is 2.25. The Hall–Kier alpha value is -1.15. The number of halogens is 1. The van der Waals surface area contributed by atoms with Gasteiger partial charge in [-0.15, -0.1) is 0 Å². The number of hydrogen-bond acceptors (Lipinski definition) is 1. The third-order valence-corrected chi connectivity index (χ3v) is 2.72. The molecular formula is C11H9FS. The van der Waals surface area contributed by atoms with E-state index in [0.29, 0.717) is 0 Å². The first-order valence-electron chi connectivity index (χ1n) is 4.06. The molecule has 1 heterocycles. The lowest BCUT2D eigenvalue weighted by Crippen LogP contribution is -1.82. The molecule has 2 aromatic rings. The summed E-state index contributed by atoms with van der Waals surface area (Å²) in [6.45, 7) is 1.99. The molecule has 0 aliphatic carbocycles. The van der Waals surface area contributed by atoms with E-state index < -0.39 is 0 Å². The monoisotopic (exact) mass is 192 g/mol. The number of thiophene rings is 1. The van der Waals surface area contributed by atoms with E-state index in [4.69, 9.17) is 0 Å². The Morgan fingerprint density at radius 1 is 1.23 bits per heavy atom. The highest BCUT2D eigenvalue weighted by molar-refractivity contribution is 7.08. The molecule has 0 radical (unpaired) electrons. The number of rotatable bonds is 1. The average molecular weight is 192 g/mol. The molecule has 0 fully saturated rings. The van der Waals surface area contributed by atoms with Gasteiger partial charge in [0.15, 0.2) is 0 Å². The number of benzene rings is 1. The molecule has 66 valence electrons. The van der Waals surface area contributed by atoms with Crippen LogP contribution in [0, 0.1) is 12.7 Å². The molecule has 0 N–H and O–H groups in total. The fraction of sp³-hybridized carbons (Fsp3) is 0.0909. The van der Waals surface area contributed by atoms with Crippen LogP contribution in [0.3, 0.4) is 0 Å². The van der Waals surface area contributed by atoms with Crippen molar-refractivity contribution < 1.29 is 4.39 Å². The van der Waals surface area contributed by atoms with Gasteiger partial charge < -0.3 is 0 Å². The molecule has 0 amide bonds. The molecule has 2 heteroatoms. The average Bonchev–Trinajstić information content (AvgIpc) is 2.61. The standard InChI is InChI=1S/C11H9FS/c1-8-2-3-10(12)6-11(8)9-4-5-13-7-9/h2-7H,1H3. The zero-order valence-corrected chi connectivity index (χ0v) is 8.07. The summed E-state index contributed by atoms with van der Waals surface area (Å²) in [6, 6.07) is 6.89. The molecule has 13 heavy (non-hydrogen) atoms. The molecule has 0 spiro atoms. The first-order chi connectivity index (χ1) is 6.27. The van der Waals surface area contributed by atoms with Gasteiger partial charge in [0, 0.05) is 0 Å². The van der Waals surface area contributed by atoms with Crippen molar-refractivity contribution >= 4 is 11.3 Å². The summed E-state index contributed by atoms with van der Waals surface area (Å²) >= 11 is 1.63. The van der Waals surface area contributed by atoms with Crippen LogP contribution in [-0.4, -0.2) is 0 Å². The summed E-state index contributed by atoms with van der Waals surface area (Å²) in [7, 11) is 0. The zero-order valence-electron chi connectivity index (χ0n) is 7.25. The van der Waals surface area contributed by atoms with E-state index in [-0.39, 0.29) is 5.82 Å². The third-order valence-electron chi connectivity index (χ3n) is 2.03. The molecule has 1 aromatic carbocycles. The Morgan fingerprint density at radius 2 is 2.08 bits per heavy atom. The largest absolute Gasteiger partial charge is 0.207 e. The van der Waals surface area contributed by atoms with Crippen molar-refractivity contribution in [1.82, 2.24) is 0 Å². The summed E-state index contributed by atoms with van der Waals surface area (Å²) < 4.78 is 12.9. The lowest BCUT2D eigenvalue weighted by atomic mass is 10.0. The van der Waals surface area contributed by atoms with Gasteiger partial charge in [-0.2, -0.15) is 11.3 Å². The van der Waals surface area contributed by atoms with E-state index in [1.165, 1.54) is 6.07 Å². The molecule has 0 saturated heterocycles. The molecule has 0 aliphatic heterocycles. The summed E-state index contributed by atoms with van der Waals surface area (Å²) in [6.07, 6.45) is 0. The molecule has 0 aliphatic rings. The third kappa shape index (κ3) is 1.63. The lowest BCUT2D eigenvalue weighted by molar-refractivity contribution is 0.628. The fourth-order valence-corrected chi connectivity index (χ4v) is 1.98. The second kappa shape index (κ2) is 3.30. The molecule has 0 nitrogen and oxygen atoms in total. The molecule has 0 saturated carbocycles. The number of aryl methyl sites for hydroxylation is 1. The predicted molar refractivity (Wildman–Crippen MR) is 54.5 cm³/mol. The van der Waals surface area contributed by atoms with E-state index >= 15 is 0 Å². The maximum absolute atomic E-state index is 12.9. The Balaban J connectivity index is 2.57. The molecular weight excluding hydrogens is 183 g/mol. The second-order valence-corrected chi connectivity index (χ2v) is 3.75. The van der Waals surface area contributed by atoms with Gasteiger partial charge in [-0.25, -0.2) is 4.39 Å². The van der Waals surface area contributed by atoms with Gasteiger partial charge in [0.05, 0.1) is 0 Å². The van der Waals surface area contributed by atoms with Crippen molar-refractivity contribution in [3.63, 3.8) is 0 Å². The minimum Gasteiger partial charge on any atom is -0.207 e. The minimum atomic E-state index is -0.174. The van der Waals surface area contributed by atoms with Gasteiger partial charge in [0.2, 0.25) is 0 Å². The summed E-state index contributed by atoms with van der Waals surface area (Å²) in [5.41, 5.74) is 3.20. The molecule has 0 unspecified atom stereocenters. The quantitative estimate of drug-likeness (QED) is 0.643. The normalized spacial score (nSPS) is 10.3. The molecule has 2 rings (SSSR count).